The Bertz CT molecular complexity index is 470. The summed E-state index contributed by atoms with van der Waals surface area (Å²) in [4.78, 5) is 10.7. The van der Waals surface area contributed by atoms with Crippen LogP contribution in [0.4, 0.5) is 11.5 Å². The van der Waals surface area contributed by atoms with Gasteiger partial charge in [-0.1, -0.05) is 6.07 Å². The van der Waals surface area contributed by atoms with Gasteiger partial charge in [0.15, 0.2) is 5.82 Å². The van der Waals surface area contributed by atoms with Gasteiger partial charge in [-0.3, -0.25) is 4.98 Å². The molecule has 0 radical (unpaired) electrons. The molecule has 0 fully saturated rings. The zero-order chi connectivity index (χ0) is 12.1. The molecule has 2 N–H and O–H groups in total. The maximum absolute atomic E-state index is 5.93. The van der Waals surface area contributed by atoms with Crippen molar-refractivity contribution in [2.45, 2.75) is 13.5 Å². The second-order valence-corrected chi connectivity index (χ2v) is 3.75. The fourth-order valence-electron chi connectivity index (χ4n) is 1.70. The lowest BCUT2D eigenvalue weighted by molar-refractivity contribution is 0.795. The van der Waals surface area contributed by atoms with Gasteiger partial charge in [0.25, 0.3) is 0 Å². The van der Waals surface area contributed by atoms with E-state index in [0.29, 0.717) is 5.69 Å². The molecule has 2 aromatic rings. The van der Waals surface area contributed by atoms with Gasteiger partial charge in [-0.2, -0.15) is 0 Å². The smallest absolute Gasteiger partial charge is 0.152 e. The first-order valence-electron chi connectivity index (χ1n) is 5.66. The molecule has 0 aromatic carbocycles. The van der Waals surface area contributed by atoms with E-state index in [0.717, 1.165) is 24.6 Å². The Hall–Kier alpha value is -2.10. The number of rotatable bonds is 4. The van der Waals surface area contributed by atoms with E-state index in [4.69, 9.17) is 5.73 Å². The summed E-state index contributed by atoms with van der Waals surface area (Å²) in [7, 11) is 0. The number of nitrogen functional groups attached to an aromatic ring is 1. The molecule has 2 aromatic heterocycles. The van der Waals surface area contributed by atoms with Crippen LogP contribution in [-0.2, 0) is 6.54 Å². The molecule has 88 valence electrons. The maximum Gasteiger partial charge on any atom is 0.152 e. The number of aromatic nitrogens is 2. The number of hydrogen-bond donors (Lipinski definition) is 1. The van der Waals surface area contributed by atoms with Crippen molar-refractivity contribution in [2.75, 3.05) is 17.2 Å². The third kappa shape index (κ3) is 2.72. The lowest BCUT2D eigenvalue weighted by Gasteiger charge is -2.22. The van der Waals surface area contributed by atoms with Gasteiger partial charge in [0.05, 0.1) is 17.9 Å². The molecule has 2 rings (SSSR count). The molecule has 4 nitrogen and oxygen atoms in total. The van der Waals surface area contributed by atoms with E-state index < -0.39 is 0 Å². The lowest BCUT2D eigenvalue weighted by Crippen LogP contribution is -2.24. The average molecular weight is 228 g/mol. The largest absolute Gasteiger partial charge is 0.396 e. The predicted molar refractivity (Wildman–Crippen MR) is 69.6 cm³/mol. The van der Waals surface area contributed by atoms with E-state index in [1.807, 2.05) is 30.3 Å². The van der Waals surface area contributed by atoms with Crippen LogP contribution in [0.25, 0.3) is 0 Å². The predicted octanol–water partition coefficient (Wildman–Crippen LogP) is 2.09. The molecule has 4 heteroatoms. The molecule has 0 atom stereocenters. The van der Waals surface area contributed by atoms with E-state index >= 15 is 0 Å². The van der Waals surface area contributed by atoms with Crippen molar-refractivity contribution in [2.24, 2.45) is 0 Å². The van der Waals surface area contributed by atoms with E-state index in [9.17, 15) is 0 Å². The minimum Gasteiger partial charge on any atom is -0.396 e. The second kappa shape index (κ2) is 5.30. The quantitative estimate of drug-likeness (QED) is 0.870. The summed E-state index contributed by atoms with van der Waals surface area (Å²) in [6, 6.07) is 9.60. The van der Waals surface area contributed by atoms with Gasteiger partial charge < -0.3 is 10.6 Å². The van der Waals surface area contributed by atoms with Crippen molar-refractivity contribution in [1.82, 2.24) is 9.97 Å². The molecular formula is C13H16N4. The number of nitrogens with two attached hydrogens (primary N) is 1. The van der Waals surface area contributed by atoms with Gasteiger partial charge >= 0.3 is 0 Å². The number of hydrogen-bond acceptors (Lipinski definition) is 4. The summed E-state index contributed by atoms with van der Waals surface area (Å²) >= 11 is 0. The molecule has 0 amide bonds. The number of pyridine rings is 2. The lowest BCUT2D eigenvalue weighted by atomic mass is 10.3. The molecule has 0 aliphatic carbocycles. The third-order valence-corrected chi connectivity index (χ3v) is 2.58. The minimum atomic E-state index is 0.699. The molecule has 17 heavy (non-hydrogen) atoms. The van der Waals surface area contributed by atoms with Gasteiger partial charge in [0.1, 0.15) is 0 Å². The van der Waals surface area contributed by atoms with Gasteiger partial charge in [0, 0.05) is 18.9 Å². The first-order valence-corrected chi connectivity index (χ1v) is 5.66. The standard InChI is InChI=1S/C13H16N4/c1-2-17(10-11-6-3-4-8-15-11)13-12(14)7-5-9-16-13/h3-9H,2,10,14H2,1H3. The first kappa shape index (κ1) is 11.4. The zero-order valence-corrected chi connectivity index (χ0v) is 9.87. The van der Waals surface area contributed by atoms with Crippen LogP contribution in [-0.4, -0.2) is 16.5 Å². The van der Waals surface area contributed by atoms with Crippen molar-refractivity contribution in [3.8, 4) is 0 Å². The number of nitrogens with zero attached hydrogens (tertiary/aromatic N) is 3. The normalized spacial score (nSPS) is 10.2. The molecule has 0 spiro atoms. The summed E-state index contributed by atoms with van der Waals surface area (Å²) in [6.45, 7) is 3.65. The molecule has 0 saturated heterocycles. The Balaban J connectivity index is 2.21. The maximum atomic E-state index is 5.93. The van der Waals surface area contributed by atoms with Crippen LogP contribution in [0.15, 0.2) is 42.7 Å². The highest BCUT2D eigenvalue weighted by Gasteiger charge is 2.09. The van der Waals surface area contributed by atoms with Crippen LogP contribution in [0.5, 0.6) is 0 Å². The Kier molecular flexibility index (Phi) is 3.55. The molecule has 0 aliphatic rings. The van der Waals surface area contributed by atoms with Gasteiger partial charge in [-0.15, -0.1) is 0 Å². The highest BCUT2D eigenvalue weighted by Crippen LogP contribution is 2.20. The molecule has 0 aliphatic heterocycles. The Morgan fingerprint density at radius 3 is 2.59 bits per heavy atom. The van der Waals surface area contributed by atoms with Crippen LogP contribution in [0.2, 0.25) is 0 Å². The van der Waals surface area contributed by atoms with E-state index in [2.05, 4.69) is 21.8 Å². The van der Waals surface area contributed by atoms with Crippen molar-refractivity contribution >= 4 is 11.5 Å². The third-order valence-electron chi connectivity index (χ3n) is 2.58. The van der Waals surface area contributed by atoms with Crippen LogP contribution >= 0.6 is 0 Å². The summed E-state index contributed by atoms with van der Waals surface area (Å²) in [5.41, 5.74) is 7.64. The van der Waals surface area contributed by atoms with Gasteiger partial charge in [-0.05, 0) is 31.2 Å². The van der Waals surface area contributed by atoms with Crippen molar-refractivity contribution in [3.05, 3.63) is 48.4 Å². The monoisotopic (exact) mass is 228 g/mol. The highest BCUT2D eigenvalue weighted by molar-refractivity contribution is 5.62. The van der Waals surface area contributed by atoms with Crippen LogP contribution in [0, 0.1) is 0 Å². The SMILES string of the molecule is CCN(Cc1ccccn1)c1ncccc1N. The first-order chi connectivity index (χ1) is 8.31. The summed E-state index contributed by atoms with van der Waals surface area (Å²) in [5, 5.41) is 0. The minimum absolute atomic E-state index is 0.699. The highest BCUT2D eigenvalue weighted by atomic mass is 15.2. The second-order valence-electron chi connectivity index (χ2n) is 3.75. The summed E-state index contributed by atoms with van der Waals surface area (Å²) in [6.07, 6.45) is 3.55. The van der Waals surface area contributed by atoms with Crippen molar-refractivity contribution in [3.63, 3.8) is 0 Å². The zero-order valence-electron chi connectivity index (χ0n) is 9.87. The van der Waals surface area contributed by atoms with Crippen molar-refractivity contribution < 1.29 is 0 Å². The Morgan fingerprint density at radius 2 is 1.94 bits per heavy atom. The fraction of sp³-hybridized carbons (Fsp3) is 0.231. The van der Waals surface area contributed by atoms with Crippen molar-refractivity contribution in [1.29, 1.82) is 0 Å². The molecule has 2 heterocycles. The van der Waals surface area contributed by atoms with Gasteiger partial charge in [-0.25, -0.2) is 4.98 Å². The van der Waals surface area contributed by atoms with Crippen LogP contribution in [0.3, 0.4) is 0 Å². The molecular weight excluding hydrogens is 212 g/mol. The van der Waals surface area contributed by atoms with Crippen LogP contribution < -0.4 is 10.6 Å². The topological polar surface area (TPSA) is 55.0 Å². The molecule has 0 unspecified atom stereocenters. The van der Waals surface area contributed by atoms with Gasteiger partial charge in [0.2, 0.25) is 0 Å². The Morgan fingerprint density at radius 1 is 1.12 bits per heavy atom. The summed E-state index contributed by atoms with van der Waals surface area (Å²) < 4.78 is 0. The fourth-order valence-corrected chi connectivity index (χ4v) is 1.70. The molecule has 0 saturated carbocycles. The summed E-state index contributed by atoms with van der Waals surface area (Å²) in [5.74, 6) is 0.820. The average Bonchev–Trinajstić information content (AvgIpc) is 2.38. The number of anilines is 2. The molecule has 0 bridgehead atoms. The van der Waals surface area contributed by atoms with Crippen LogP contribution in [0.1, 0.15) is 12.6 Å². The Labute approximate surface area is 101 Å². The van der Waals surface area contributed by atoms with E-state index in [-0.39, 0.29) is 0 Å². The van der Waals surface area contributed by atoms with E-state index in [1.54, 1.807) is 12.4 Å². The van der Waals surface area contributed by atoms with E-state index in [1.165, 1.54) is 0 Å².